The Morgan fingerprint density at radius 3 is 2.47 bits per heavy atom. The Kier molecular flexibility index (Phi) is 6.64. The molecule has 1 aliphatic carbocycles. The smallest absolute Gasteiger partial charge is 0.196 e. The lowest BCUT2D eigenvalue weighted by atomic mass is 9.86. The maximum atomic E-state index is 13.7. The molecule has 0 atom stereocenters. The SMILES string of the molecule is CCOCCCNc1cc(N2CCN(c3ccc(OC)cc3)CC2)c2noc3c2c1C(=O)c1ccccc1-3. The van der Waals surface area contributed by atoms with Crippen molar-refractivity contribution in [2.75, 3.05) is 68.2 Å². The van der Waals surface area contributed by atoms with Crippen LogP contribution in [0.1, 0.15) is 29.3 Å². The second kappa shape index (κ2) is 10.4. The maximum absolute atomic E-state index is 13.7. The van der Waals surface area contributed by atoms with Gasteiger partial charge in [-0.15, -0.1) is 0 Å². The molecule has 1 N–H and O–H groups in total. The fourth-order valence-corrected chi connectivity index (χ4v) is 5.46. The molecule has 0 amide bonds. The summed E-state index contributed by atoms with van der Waals surface area (Å²) < 4.78 is 16.7. The summed E-state index contributed by atoms with van der Waals surface area (Å²) in [7, 11) is 1.68. The van der Waals surface area contributed by atoms with E-state index in [-0.39, 0.29) is 5.78 Å². The number of benzene rings is 3. The minimum atomic E-state index is 0.00415. The monoisotopic (exact) mass is 512 g/mol. The van der Waals surface area contributed by atoms with Crippen LogP contribution in [0.5, 0.6) is 5.75 Å². The van der Waals surface area contributed by atoms with Crippen molar-refractivity contribution in [2.45, 2.75) is 13.3 Å². The Hall–Kier alpha value is -4.04. The highest BCUT2D eigenvalue weighted by Crippen LogP contribution is 2.46. The number of carbonyl (C=O) groups is 1. The molecule has 1 fully saturated rings. The molecule has 1 saturated heterocycles. The van der Waals surface area contributed by atoms with Gasteiger partial charge in [0.2, 0.25) is 0 Å². The summed E-state index contributed by atoms with van der Waals surface area (Å²) in [4.78, 5) is 18.4. The van der Waals surface area contributed by atoms with Crippen LogP contribution < -0.4 is 19.9 Å². The number of ketones is 1. The number of hydrogen-bond donors (Lipinski definition) is 1. The van der Waals surface area contributed by atoms with Crippen molar-refractivity contribution in [3.8, 4) is 17.1 Å². The highest BCUT2D eigenvalue weighted by atomic mass is 16.5. The highest BCUT2D eigenvalue weighted by Gasteiger charge is 2.34. The van der Waals surface area contributed by atoms with Gasteiger partial charge in [0.1, 0.15) is 11.3 Å². The van der Waals surface area contributed by atoms with Crippen molar-refractivity contribution in [3.05, 3.63) is 65.7 Å². The lowest BCUT2D eigenvalue weighted by Crippen LogP contribution is -2.46. The quantitative estimate of drug-likeness (QED) is 0.270. The molecule has 0 radical (unpaired) electrons. The number of ether oxygens (including phenoxy) is 2. The summed E-state index contributed by atoms with van der Waals surface area (Å²) in [5.41, 5.74) is 5.84. The zero-order valence-corrected chi connectivity index (χ0v) is 21.8. The summed E-state index contributed by atoms with van der Waals surface area (Å²) >= 11 is 0. The summed E-state index contributed by atoms with van der Waals surface area (Å²) in [5, 5.41) is 8.85. The first kappa shape index (κ1) is 24.3. The minimum Gasteiger partial charge on any atom is -0.497 e. The fraction of sp³-hybridized carbons (Fsp3) is 0.333. The molecule has 3 aromatic carbocycles. The largest absolute Gasteiger partial charge is 0.497 e. The second-order valence-corrected chi connectivity index (χ2v) is 9.58. The first-order chi connectivity index (χ1) is 18.7. The van der Waals surface area contributed by atoms with Crippen molar-refractivity contribution in [3.63, 3.8) is 0 Å². The topological polar surface area (TPSA) is 80.1 Å². The van der Waals surface area contributed by atoms with Crippen LogP contribution in [-0.2, 0) is 4.74 Å². The van der Waals surface area contributed by atoms with Crippen LogP contribution in [0, 0.1) is 0 Å². The number of hydrogen-bond acceptors (Lipinski definition) is 8. The van der Waals surface area contributed by atoms with Gasteiger partial charge in [0, 0.05) is 68.4 Å². The number of aromatic nitrogens is 1. The lowest BCUT2D eigenvalue weighted by Gasteiger charge is -2.37. The Labute approximate surface area is 222 Å². The van der Waals surface area contributed by atoms with E-state index in [2.05, 4.69) is 38.5 Å². The third kappa shape index (κ3) is 4.24. The predicted octanol–water partition coefficient (Wildman–Crippen LogP) is 5.21. The van der Waals surface area contributed by atoms with Crippen LogP contribution in [-0.4, -0.2) is 64.0 Å². The molecule has 1 aliphatic heterocycles. The van der Waals surface area contributed by atoms with Gasteiger partial charge in [-0.1, -0.05) is 29.4 Å². The van der Waals surface area contributed by atoms with E-state index in [1.807, 2.05) is 43.3 Å². The number of methoxy groups -OCH3 is 1. The third-order valence-corrected chi connectivity index (χ3v) is 7.42. The van der Waals surface area contributed by atoms with E-state index < -0.39 is 0 Å². The van der Waals surface area contributed by atoms with Crippen molar-refractivity contribution in [1.82, 2.24) is 5.16 Å². The van der Waals surface area contributed by atoms with E-state index in [4.69, 9.17) is 14.0 Å². The van der Waals surface area contributed by atoms with Crippen LogP contribution in [0.2, 0.25) is 0 Å². The zero-order valence-electron chi connectivity index (χ0n) is 21.8. The molecule has 0 unspecified atom stereocenters. The van der Waals surface area contributed by atoms with E-state index in [9.17, 15) is 4.79 Å². The van der Waals surface area contributed by atoms with Crippen LogP contribution in [0.25, 0.3) is 22.2 Å². The molecule has 2 heterocycles. The molecule has 0 spiro atoms. The van der Waals surface area contributed by atoms with Gasteiger partial charge < -0.3 is 29.1 Å². The number of rotatable bonds is 9. The number of fused-ring (bicyclic) bond motifs is 2. The average molecular weight is 513 g/mol. The average Bonchev–Trinajstić information content (AvgIpc) is 3.41. The van der Waals surface area contributed by atoms with Crippen LogP contribution in [0.3, 0.4) is 0 Å². The highest BCUT2D eigenvalue weighted by molar-refractivity contribution is 6.28. The lowest BCUT2D eigenvalue weighted by molar-refractivity contribution is 0.104. The first-order valence-corrected chi connectivity index (χ1v) is 13.3. The van der Waals surface area contributed by atoms with E-state index in [1.54, 1.807) is 7.11 Å². The van der Waals surface area contributed by atoms with E-state index in [0.29, 0.717) is 36.6 Å². The second-order valence-electron chi connectivity index (χ2n) is 9.58. The normalized spacial score (nSPS) is 14.6. The molecule has 8 heteroatoms. The zero-order chi connectivity index (χ0) is 26.1. The molecule has 0 saturated carbocycles. The van der Waals surface area contributed by atoms with Gasteiger partial charge in [-0.25, -0.2) is 0 Å². The minimum absolute atomic E-state index is 0.00415. The van der Waals surface area contributed by atoms with E-state index in [1.165, 1.54) is 5.69 Å². The van der Waals surface area contributed by atoms with Crippen molar-refractivity contribution in [2.24, 2.45) is 0 Å². The number of nitrogens with zero attached hydrogens (tertiary/aromatic N) is 3. The number of carbonyl (C=O) groups excluding carboxylic acids is 1. The van der Waals surface area contributed by atoms with Crippen LogP contribution in [0.15, 0.2) is 59.1 Å². The Morgan fingerprint density at radius 2 is 1.74 bits per heavy atom. The van der Waals surface area contributed by atoms with Gasteiger partial charge in [-0.2, -0.15) is 0 Å². The molecule has 4 aromatic rings. The number of piperazine rings is 1. The Morgan fingerprint density at radius 1 is 1.00 bits per heavy atom. The summed E-state index contributed by atoms with van der Waals surface area (Å²) in [5.74, 6) is 1.53. The summed E-state index contributed by atoms with van der Waals surface area (Å²) in [6.45, 7) is 7.49. The molecule has 196 valence electrons. The van der Waals surface area contributed by atoms with Crippen molar-refractivity contribution >= 4 is 33.7 Å². The van der Waals surface area contributed by atoms with Gasteiger partial charge in [-0.05, 0) is 43.7 Å². The molecular formula is C30H32N4O4. The molecule has 0 bridgehead atoms. The van der Waals surface area contributed by atoms with Gasteiger partial charge in [0.15, 0.2) is 11.5 Å². The molecule has 6 rings (SSSR count). The van der Waals surface area contributed by atoms with Gasteiger partial charge >= 0.3 is 0 Å². The van der Waals surface area contributed by atoms with Crippen LogP contribution >= 0.6 is 0 Å². The number of nitrogens with one attached hydrogen (secondary N) is 1. The van der Waals surface area contributed by atoms with Gasteiger partial charge in [-0.3, -0.25) is 4.79 Å². The standard InChI is InChI=1S/C30H32N4O4/c1-3-37-18-6-13-31-24-19-25(34-16-14-33(15-17-34)20-9-11-21(36-2)12-10-20)28-27-26(24)29(35)22-7-4-5-8-23(22)30(27)38-32-28/h4-5,7-12,19,31H,3,6,13-18H2,1-2H3. The fourth-order valence-electron chi connectivity index (χ4n) is 5.46. The molecular weight excluding hydrogens is 480 g/mol. The molecule has 8 nitrogen and oxygen atoms in total. The Balaban J connectivity index is 1.33. The van der Waals surface area contributed by atoms with Gasteiger partial charge in [0.25, 0.3) is 0 Å². The molecule has 1 aromatic heterocycles. The number of anilines is 3. The van der Waals surface area contributed by atoms with E-state index >= 15 is 0 Å². The third-order valence-electron chi connectivity index (χ3n) is 7.42. The molecule has 38 heavy (non-hydrogen) atoms. The Bertz CT molecular complexity index is 1460. The maximum Gasteiger partial charge on any atom is 0.196 e. The van der Waals surface area contributed by atoms with E-state index in [0.717, 1.165) is 66.2 Å². The molecule has 2 aliphatic rings. The van der Waals surface area contributed by atoms with Crippen molar-refractivity contribution in [1.29, 1.82) is 0 Å². The predicted molar refractivity (Wildman–Crippen MR) is 150 cm³/mol. The first-order valence-electron chi connectivity index (χ1n) is 13.3. The van der Waals surface area contributed by atoms with Gasteiger partial charge in [0.05, 0.1) is 23.7 Å². The van der Waals surface area contributed by atoms with Crippen molar-refractivity contribution < 1.29 is 18.8 Å². The summed E-state index contributed by atoms with van der Waals surface area (Å²) in [6, 6.07) is 17.9. The van der Waals surface area contributed by atoms with Crippen LogP contribution in [0.4, 0.5) is 17.1 Å². The summed E-state index contributed by atoms with van der Waals surface area (Å²) in [6.07, 6.45) is 0.850.